The van der Waals surface area contributed by atoms with E-state index in [0.29, 0.717) is 5.41 Å². The van der Waals surface area contributed by atoms with Crippen LogP contribution in [0.1, 0.15) is 32.1 Å². The molecule has 1 saturated carbocycles. The van der Waals surface area contributed by atoms with E-state index in [2.05, 4.69) is 28.8 Å². The van der Waals surface area contributed by atoms with Crippen LogP contribution in [0.4, 0.5) is 0 Å². The molecule has 1 aliphatic carbocycles. The van der Waals surface area contributed by atoms with Crippen LogP contribution in [-0.4, -0.2) is 48.3 Å². The summed E-state index contributed by atoms with van der Waals surface area (Å²) in [6.45, 7) is 3.21. The molecule has 0 aromatic heterocycles. The number of ether oxygens (including phenoxy) is 1. The first-order chi connectivity index (χ1) is 8.89. The molecule has 0 bridgehead atoms. The van der Waals surface area contributed by atoms with Gasteiger partial charge in [0.2, 0.25) is 0 Å². The molecule has 3 rings (SSSR count). The van der Waals surface area contributed by atoms with Crippen molar-refractivity contribution in [2.75, 3.05) is 37.0 Å². The lowest BCUT2D eigenvalue weighted by Gasteiger charge is -2.40. The van der Waals surface area contributed by atoms with Gasteiger partial charge < -0.3 is 10.1 Å². The SMILES string of the molecule is C1CC(NCC2CSCCS2)C2(C1)CCOCC2. The summed E-state index contributed by atoms with van der Waals surface area (Å²) < 4.78 is 5.56. The third-order valence-electron chi connectivity index (χ3n) is 4.87. The van der Waals surface area contributed by atoms with Crippen LogP contribution in [0.2, 0.25) is 0 Å². The summed E-state index contributed by atoms with van der Waals surface area (Å²) in [7, 11) is 0. The molecule has 3 aliphatic rings. The molecule has 2 heterocycles. The van der Waals surface area contributed by atoms with Crippen molar-refractivity contribution in [2.24, 2.45) is 5.41 Å². The van der Waals surface area contributed by atoms with Gasteiger partial charge in [-0.2, -0.15) is 23.5 Å². The van der Waals surface area contributed by atoms with Crippen LogP contribution < -0.4 is 5.32 Å². The highest BCUT2D eigenvalue weighted by atomic mass is 32.2. The predicted molar refractivity (Wildman–Crippen MR) is 81.7 cm³/mol. The lowest BCUT2D eigenvalue weighted by Crippen LogP contribution is -2.47. The van der Waals surface area contributed by atoms with Gasteiger partial charge in [-0.3, -0.25) is 0 Å². The maximum Gasteiger partial charge on any atom is 0.0471 e. The fourth-order valence-corrected chi connectivity index (χ4v) is 6.39. The molecule has 3 fully saturated rings. The Hall–Kier alpha value is 0.620. The monoisotopic (exact) mass is 287 g/mol. The highest BCUT2D eigenvalue weighted by molar-refractivity contribution is 8.06. The quantitative estimate of drug-likeness (QED) is 0.861. The van der Waals surface area contributed by atoms with Crippen LogP contribution >= 0.6 is 23.5 Å². The van der Waals surface area contributed by atoms with Crippen molar-refractivity contribution in [1.29, 1.82) is 0 Å². The highest BCUT2D eigenvalue weighted by Crippen LogP contribution is 2.46. The maximum atomic E-state index is 5.56. The van der Waals surface area contributed by atoms with Crippen molar-refractivity contribution in [3.8, 4) is 0 Å². The van der Waals surface area contributed by atoms with Crippen molar-refractivity contribution in [2.45, 2.75) is 43.4 Å². The summed E-state index contributed by atoms with van der Waals surface area (Å²) >= 11 is 4.31. The van der Waals surface area contributed by atoms with Crippen LogP contribution in [0.25, 0.3) is 0 Å². The van der Waals surface area contributed by atoms with Crippen LogP contribution in [0.15, 0.2) is 0 Å². The van der Waals surface area contributed by atoms with Crippen LogP contribution in [0.5, 0.6) is 0 Å². The Kier molecular flexibility index (Phi) is 4.82. The van der Waals surface area contributed by atoms with Crippen molar-refractivity contribution < 1.29 is 4.74 Å². The molecule has 18 heavy (non-hydrogen) atoms. The summed E-state index contributed by atoms with van der Waals surface area (Å²) in [5.41, 5.74) is 0.588. The number of hydrogen-bond donors (Lipinski definition) is 1. The average Bonchev–Trinajstić information content (AvgIpc) is 2.81. The van der Waals surface area contributed by atoms with Gasteiger partial charge in [0, 0.05) is 48.3 Å². The molecule has 2 atom stereocenters. The number of thioether (sulfide) groups is 2. The number of rotatable bonds is 3. The van der Waals surface area contributed by atoms with Crippen molar-refractivity contribution in [3.63, 3.8) is 0 Å². The molecule has 2 unspecified atom stereocenters. The zero-order valence-corrected chi connectivity index (χ0v) is 12.8. The fourth-order valence-electron chi connectivity index (χ4n) is 3.76. The Bertz CT molecular complexity index is 263. The first-order valence-corrected chi connectivity index (χ1v) is 9.60. The molecule has 0 aromatic rings. The molecule has 1 N–H and O–H groups in total. The molecular formula is C14H25NOS2. The normalized spacial score (nSPS) is 36.0. The Morgan fingerprint density at radius 1 is 1.17 bits per heavy atom. The van der Waals surface area contributed by atoms with Crippen molar-refractivity contribution in [3.05, 3.63) is 0 Å². The minimum absolute atomic E-state index is 0.588. The average molecular weight is 287 g/mol. The summed E-state index contributed by atoms with van der Waals surface area (Å²) in [6, 6.07) is 0.772. The molecule has 1 spiro atoms. The van der Waals surface area contributed by atoms with Gasteiger partial charge in [-0.1, -0.05) is 6.42 Å². The summed E-state index contributed by atoms with van der Waals surface area (Å²) in [4.78, 5) is 0. The standard InChI is InChI=1S/C14H25NOS2/c1-2-13(14(3-1)4-6-16-7-5-14)15-10-12-11-17-8-9-18-12/h12-13,15H,1-11H2. The molecule has 2 saturated heterocycles. The second-order valence-electron chi connectivity index (χ2n) is 5.90. The molecular weight excluding hydrogens is 262 g/mol. The van der Waals surface area contributed by atoms with Gasteiger partial charge in [0.05, 0.1) is 0 Å². The minimum atomic E-state index is 0.588. The molecule has 0 radical (unpaired) electrons. The largest absolute Gasteiger partial charge is 0.381 e. The first kappa shape index (κ1) is 13.6. The van der Waals surface area contributed by atoms with E-state index in [4.69, 9.17) is 4.74 Å². The molecule has 2 nitrogen and oxygen atoms in total. The second kappa shape index (κ2) is 6.38. The topological polar surface area (TPSA) is 21.3 Å². The molecule has 0 amide bonds. The van der Waals surface area contributed by atoms with Gasteiger partial charge in [-0.15, -0.1) is 0 Å². The minimum Gasteiger partial charge on any atom is -0.381 e. The molecule has 4 heteroatoms. The predicted octanol–water partition coefficient (Wildman–Crippen LogP) is 2.77. The Labute approximate surface area is 119 Å². The zero-order valence-electron chi connectivity index (χ0n) is 11.2. The first-order valence-electron chi connectivity index (χ1n) is 7.40. The third-order valence-corrected chi connectivity index (χ3v) is 7.72. The van der Waals surface area contributed by atoms with E-state index >= 15 is 0 Å². The Morgan fingerprint density at radius 3 is 2.83 bits per heavy atom. The fraction of sp³-hybridized carbons (Fsp3) is 1.00. The van der Waals surface area contributed by atoms with E-state index in [9.17, 15) is 0 Å². The number of nitrogens with one attached hydrogen (secondary N) is 1. The van der Waals surface area contributed by atoms with E-state index in [-0.39, 0.29) is 0 Å². The maximum absolute atomic E-state index is 5.56. The highest BCUT2D eigenvalue weighted by Gasteiger charge is 2.43. The smallest absolute Gasteiger partial charge is 0.0471 e. The van der Waals surface area contributed by atoms with Gasteiger partial charge >= 0.3 is 0 Å². The second-order valence-corrected chi connectivity index (χ2v) is 8.45. The summed E-state index contributed by atoms with van der Waals surface area (Å²) in [6.07, 6.45) is 6.82. The van der Waals surface area contributed by atoms with Gasteiger partial charge in [-0.05, 0) is 31.1 Å². The Balaban J connectivity index is 1.51. The van der Waals surface area contributed by atoms with Crippen LogP contribution in [0.3, 0.4) is 0 Å². The molecule has 104 valence electrons. The van der Waals surface area contributed by atoms with Crippen LogP contribution in [-0.2, 0) is 4.74 Å². The molecule has 0 aromatic carbocycles. The summed E-state index contributed by atoms with van der Waals surface area (Å²) in [5, 5.41) is 4.77. The van der Waals surface area contributed by atoms with E-state index in [1.165, 1.54) is 55.9 Å². The van der Waals surface area contributed by atoms with Crippen LogP contribution in [0, 0.1) is 5.41 Å². The van der Waals surface area contributed by atoms with Gasteiger partial charge in [0.1, 0.15) is 0 Å². The van der Waals surface area contributed by atoms with Gasteiger partial charge in [0.25, 0.3) is 0 Å². The number of hydrogen-bond acceptors (Lipinski definition) is 4. The van der Waals surface area contributed by atoms with E-state index < -0.39 is 0 Å². The summed E-state index contributed by atoms with van der Waals surface area (Å²) in [5.74, 6) is 4.05. The van der Waals surface area contributed by atoms with E-state index in [0.717, 1.165) is 24.5 Å². The molecule has 2 aliphatic heterocycles. The lowest BCUT2D eigenvalue weighted by atomic mass is 9.75. The Morgan fingerprint density at radius 2 is 2.06 bits per heavy atom. The third kappa shape index (κ3) is 3.02. The van der Waals surface area contributed by atoms with E-state index in [1.807, 2.05) is 0 Å². The van der Waals surface area contributed by atoms with Crippen molar-refractivity contribution in [1.82, 2.24) is 5.32 Å². The van der Waals surface area contributed by atoms with Gasteiger partial charge in [-0.25, -0.2) is 0 Å². The van der Waals surface area contributed by atoms with E-state index in [1.54, 1.807) is 0 Å². The van der Waals surface area contributed by atoms with Gasteiger partial charge in [0.15, 0.2) is 0 Å². The van der Waals surface area contributed by atoms with Crippen molar-refractivity contribution >= 4 is 23.5 Å². The lowest BCUT2D eigenvalue weighted by molar-refractivity contribution is 0.00460. The zero-order chi connectivity index (χ0) is 12.3.